The number of nitrogens with zero attached hydrogens (tertiary/aromatic N) is 1. The Labute approximate surface area is 170 Å². The maximum Gasteiger partial charge on any atom is 0.247 e. The van der Waals surface area contributed by atoms with Crippen LogP contribution in [0.4, 0.5) is 5.69 Å². The van der Waals surface area contributed by atoms with E-state index in [-0.39, 0.29) is 11.8 Å². The summed E-state index contributed by atoms with van der Waals surface area (Å²) in [4.78, 5) is 39.0. The Bertz CT molecular complexity index is 981. The lowest BCUT2D eigenvalue weighted by molar-refractivity contribution is -0.146. The molecule has 2 aliphatic rings. The molecule has 1 aliphatic carbocycles. The lowest BCUT2D eigenvalue weighted by Gasteiger charge is -2.27. The fourth-order valence-electron chi connectivity index (χ4n) is 4.07. The summed E-state index contributed by atoms with van der Waals surface area (Å²) in [6.45, 7) is 2.52. The number of hydrogen-bond acceptors (Lipinski definition) is 3. The van der Waals surface area contributed by atoms with E-state index in [1.54, 1.807) is 0 Å². The van der Waals surface area contributed by atoms with Crippen LogP contribution < -0.4 is 11.1 Å². The number of primary amides is 1. The number of nitrogens with two attached hydrogens (primary N) is 1. The van der Waals surface area contributed by atoms with Crippen LogP contribution in [-0.4, -0.2) is 35.2 Å². The van der Waals surface area contributed by atoms with Gasteiger partial charge in [0.1, 0.15) is 11.5 Å². The predicted molar refractivity (Wildman–Crippen MR) is 111 cm³/mol. The van der Waals surface area contributed by atoms with Gasteiger partial charge in [-0.1, -0.05) is 42.0 Å². The number of anilines is 1. The first kappa shape index (κ1) is 19.2. The molecule has 1 saturated heterocycles. The summed E-state index contributed by atoms with van der Waals surface area (Å²) in [5.41, 5.74) is 8.29. The Morgan fingerprint density at radius 3 is 2.41 bits per heavy atom. The number of carbonyl (C=O) groups excluding carboxylic acids is 3. The first-order chi connectivity index (χ1) is 13.9. The molecule has 2 fully saturated rings. The summed E-state index contributed by atoms with van der Waals surface area (Å²) in [6, 6.07) is 15.3. The van der Waals surface area contributed by atoms with Crippen molar-refractivity contribution in [3.05, 3.63) is 54.1 Å². The molecule has 0 unspecified atom stereocenters. The van der Waals surface area contributed by atoms with E-state index >= 15 is 0 Å². The van der Waals surface area contributed by atoms with E-state index in [9.17, 15) is 14.4 Å². The zero-order chi connectivity index (χ0) is 20.6. The van der Waals surface area contributed by atoms with Gasteiger partial charge in [-0.3, -0.25) is 14.4 Å². The molecule has 4 rings (SSSR count). The molecule has 3 N–H and O–H groups in total. The molecular formula is C23H25N3O3. The molecule has 6 nitrogen and oxygen atoms in total. The zero-order valence-electron chi connectivity index (χ0n) is 16.5. The SMILES string of the molecule is Cc1cccc(-c2cccc(NC(=O)[C@@H]3CCCN3C(=O)C3(C(N)=O)CC3)c2)c1. The predicted octanol–water partition coefficient (Wildman–Crippen LogP) is 2.86. The van der Waals surface area contributed by atoms with Gasteiger partial charge in [0.15, 0.2) is 0 Å². The van der Waals surface area contributed by atoms with Crippen LogP contribution in [0.5, 0.6) is 0 Å². The topological polar surface area (TPSA) is 92.5 Å². The molecule has 0 radical (unpaired) electrons. The molecular weight excluding hydrogens is 366 g/mol. The van der Waals surface area contributed by atoms with Crippen molar-refractivity contribution < 1.29 is 14.4 Å². The van der Waals surface area contributed by atoms with Gasteiger partial charge in [-0.25, -0.2) is 0 Å². The maximum atomic E-state index is 12.9. The zero-order valence-corrected chi connectivity index (χ0v) is 16.5. The van der Waals surface area contributed by atoms with Crippen molar-refractivity contribution in [3.8, 4) is 11.1 Å². The van der Waals surface area contributed by atoms with Gasteiger partial charge in [-0.2, -0.15) is 0 Å². The number of hydrogen-bond donors (Lipinski definition) is 2. The van der Waals surface area contributed by atoms with Gasteiger partial charge >= 0.3 is 0 Å². The number of likely N-dealkylation sites (tertiary alicyclic amines) is 1. The lowest BCUT2D eigenvalue weighted by Crippen LogP contribution is -2.49. The standard InChI is InChI=1S/C23H25N3O3/c1-15-5-2-6-16(13-15)17-7-3-8-18(14-17)25-20(27)19-9-4-12-26(19)22(29)23(10-11-23)21(24)28/h2-3,5-8,13-14,19H,4,9-12H2,1H3,(H2,24,28)(H,25,27)/t19-/m0/s1. The van der Waals surface area contributed by atoms with Crippen LogP contribution in [0.2, 0.25) is 0 Å². The highest BCUT2D eigenvalue weighted by molar-refractivity contribution is 6.09. The third-order valence-corrected chi connectivity index (χ3v) is 5.93. The van der Waals surface area contributed by atoms with Crippen molar-refractivity contribution >= 4 is 23.4 Å². The summed E-state index contributed by atoms with van der Waals surface area (Å²) < 4.78 is 0. The van der Waals surface area contributed by atoms with Gasteiger partial charge in [-0.15, -0.1) is 0 Å². The van der Waals surface area contributed by atoms with Gasteiger partial charge in [-0.05, 0) is 55.9 Å². The monoisotopic (exact) mass is 391 g/mol. The van der Waals surface area contributed by atoms with Gasteiger partial charge in [0.05, 0.1) is 0 Å². The van der Waals surface area contributed by atoms with E-state index in [0.717, 1.165) is 17.5 Å². The molecule has 0 spiro atoms. The first-order valence-electron chi connectivity index (χ1n) is 10.00. The van der Waals surface area contributed by atoms with Gasteiger partial charge in [0, 0.05) is 12.2 Å². The summed E-state index contributed by atoms with van der Waals surface area (Å²) in [7, 11) is 0. The second-order valence-corrected chi connectivity index (χ2v) is 8.04. The van der Waals surface area contributed by atoms with Crippen molar-refractivity contribution in [1.82, 2.24) is 4.90 Å². The molecule has 1 saturated carbocycles. The number of aryl methyl sites for hydroxylation is 1. The van der Waals surface area contributed by atoms with E-state index in [4.69, 9.17) is 5.73 Å². The molecule has 1 atom stereocenters. The molecule has 3 amide bonds. The molecule has 0 bridgehead atoms. The minimum absolute atomic E-state index is 0.225. The molecule has 29 heavy (non-hydrogen) atoms. The molecule has 1 aliphatic heterocycles. The largest absolute Gasteiger partial charge is 0.369 e. The average Bonchev–Trinajstić information content (AvgIpc) is 3.38. The minimum Gasteiger partial charge on any atom is -0.369 e. The van der Waals surface area contributed by atoms with Crippen LogP contribution in [0.3, 0.4) is 0 Å². The maximum absolute atomic E-state index is 12.9. The lowest BCUT2D eigenvalue weighted by atomic mass is 10.0. The number of nitrogens with one attached hydrogen (secondary N) is 1. The molecule has 150 valence electrons. The Kier molecular flexibility index (Phi) is 4.86. The quantitative estimate of drug-likeness (QED) is 0.768. The second-order valence-electron chi connectivity index (χ2n) is 8.04. The van der Waals surface area contributed by atoms with E-state index in [0.29, 0.717) is 31.5 Å². The molecule has 0 aromatic heterocycles. The average molecular weight is 391 g/mol. The molecule has 1 heterocycles. The second kappa shape index (κ2) is 7.35. The highest BCUT2D eigenvalue weighted by Crippen LogP contribution is 2.48. The fourth-order valence-corrected chi connectivity index (χ4v) is 4.07. The Balaban J connectivity index is 1.50. The van der Waals surface area contributed by atoms with Gasteiger partial charge in [0.2, 0.25) is 17.7 Å². The van der Waals surface area contributed by atoms with Gasteiger partial charge in [0.25, 0.3) is 0 Å². The summed E-state index contributed by atoms with van der Waals surface area (Å²) in [5, 5.41) is 2.95. The Morgan fingerprint density at radius 1 is 1.07 bits per heavy atom. The fraction of sp³-hybridized carbons (Fsp3) is 0.348. The summed E-state index contributed by atoms with van der Waals surface area (Å²) in [6.07, 6.45) is 2.28. The van der Waals surface area contributed by atoms with Crippen LogP contribution in [0, 0.1) is 12.3 Å². The number of rotatable bonds is 5. The number of carbonyl (C=O) groups is 3. The number of benzene rings is 2. The van der Waals surface area contributed by atoms with Crippen molar-refractivity contribution in [2.24, 2.45) is 11.1 Å². The van der Waals surface area contributed by atoms with Crippen LogP contribution in [-0.2, 0) is 14.4 Å². The summed E-state index contributed by atoms with van der Waals surface area (Å²) in [5.74, 6) is -1.10. The van der Waals surface area contributed by atoms with Crippen molar-refractivity contribution in [1.29, 1.82) is 0 Å². The molecule has 6 heteroatoms. The first-order valence-corrected chi connectivity index (χ1v) is 10.00. The highest BCUT2D eigenvalue weighted by atomic mass is 16.2. The minimum atomic E-state index is -1.09. The van der Waals surface area contributed by atoms with E-state index in [1.807, 2.05) is 49.4 Å². The Hall–Kier alpha value is -3.15. The van der Waals surface area contributed by atoms with Crippen molar-refractivity contribution in [3.63, 3.8) is 0 Å². The van der Waals surface area contributed by atoms with E-state index in [1.165, 1.54) is 10.5 Å². The van der Waals surface area contributed by atoms with Crippen LogP contribution in [0.1, 0.15) is 31.2 Å². The van der Waals surface area contributed by atoms with Gasteiger partial charge < -0.3 is 16.0 Å². The summed E-state index contributed by atoms with van der Waals surface area (Å²) >= 11 is 0. The van der Waals surface area contributed by atoms with E-state index < -0.39 is 17.4 Å². The van der Waals surface area contributed by atoms with Crippen LogP contribution in [0.25, 0.3) is 11.1 Å². The van der Waals surface area contributed by atoms with E-state index in [2.05, 4.69) is 11.4 Å². The number of amides is 3. The Morgan fingerprint density at radius 2 is 1.76 bits per heavy atom. The van der Waals surface area contributed by atoms with Crippen molar-refractivity contribution in [2.45, 2.75) is 38.6 Å². The molecule has 2 aromatic rings. The smallest absolute Gasteiger partial charge is 0.247 e. The molecule has 2 aromatic carbocycles. The third kappa shape index (κ3) is 3.62. The van der Waals surface area contributed by atoms with Crippen LogP contribution >= 0.6 is 0 Å². The third-order valence-electron chi connectivity index (χ3n) is 5.93. The normalized spacial score (nSPS) is 19.6. The van der Waals surface area contributed by atoms with Crippen LogP contribution in [0.15, 0.2) is 48.5 Å². The van der Waals surface area contributed by atoms with Crippen molar-refractivity contribution in [2.75, 3.05) is 11.9 Å². The highest BCUT2D eigenvalue weighted by Gasteiger charge is 2.58.